The van der Waals surface area contributed by atoms with E-state index in [-0.39, 0.29) is 30.2 Å². The topological polar surface area (TPSA) is 66.5 Å². The number of amides is 1. The first-order chi connectivity index (χ1) is 14.7. The van der Waals surface area contributed by atoms with E-state index in [0.29, 0.717) is 35.0 Å². The van der Waals surface area contributed by atoms with Gasteiger partial charge in [0.1, 0.15) is 0 Å². The number of benzene rings is 2. The molecule has 168 valence electrons. The van der Waals surface area contributed by atoms with Crippen molar-refractivity contribution in [3.63, 3.8) is 0 Å². The first kappa shape index (κ1) is 24.1. The van der Waals surface area contributed by atoms with Crippen LogP contribution in [0.1, 0.15) is 48.9 Å². The highest BCUT2D eigenvalue weighted by Crippen LogP contribution is 2.27. The molecule has 0 aliphatic carbocycles. The van der Waals surface area contributed by atoms with Crippen LogP contribution in [-0.2, 0) is 20.6 Å². The van der Waals surface area contributed by atoms with Gasteiger partial charge in [-0.05, 0) is 49.4 Å². The second kappa shape index (κ2) is 10.3. The molecule has 1 heterocycles. The minimum atomic E-state index is -3.60. The van der Waals surface area contributed by atoms with Gasteiger partial charge in [0.15, 0.2) is 0 Å². The van der Waals surface area contributed by atoms with E-state index in [1.165, 1.54) is 15.9 Å². The van der Waals surface area contributed by atoms with Gasteiger partial charge in [-0.2, -0.15) is 0 Å². The summed E-state index contributed by atoms with van der Waals surface area (Å²) in [6, 6.07) is 12.8. The van der Waals surface area contributed by atoms with Crippen molar-refractivity contribution in [1.82, 2.24) is 9.62 Å². The predicted octanol–water partition coefficient (Wildman–Crippen LogP) is 5.11. The first-order valence-electron chi connectivity index (χ1n) is 10.5. The molecule has 1 saturated heterocycles. The number of carbonyl (C=O) groups excluding carboxylic acids is 1. The maximum absolute atomic E-state index is 13.0. The Kier molecular flexibility index (Phi) is 8.03. The molecule has 2 aromatic carbocycles. The van der Waals surface area contributed by atoms with Gasteiger partial charge in [-0.1, -0.05) is 66.0 Å². The molecule has 1 amide bonds. The fraction of sp³-hybridized carbons (Fsp3) is 0.435. The average Bonchev–Trinajstić information content (AvgIpc) is 2.74. The third-order valence-electron chi connectivity index (χ3n) is 5.71. The minimum Gasteiger partial charge on any atom is -0.349 e. The van der Waals surface area contributed by atoms with Crippen molar-refractivity contribution >= 4 is 39.1 Å². The summed E-state index contributed by atoms with van der Waals surface area (Å²) in [5.74, 6) is -0.682. The Labute approximate surface area is 194 Å². The Morgan fingerprint density at radius 3 is 2.55 bits per heavy atom. The molecule has 0 saturated carbocycles. The summed E-state index contributed by atoms with van der Waals surface area (Å²) in [5, 5.41) is 3.90. The zero-order valence-corrected chi connectivity index (χ0v) is 20.1. The lowest BCUT2D eigenvalue weighted by Gasteiger charge is -2.32. The molecule has 3 rings (SSSR count). The summed E-state index contributed by atoms with van der Waals surface area (Å²) in [7, 11) is -3.60. The largest absolute Gasteiger partial charge is 0.349 e. The number of hydrogen-bond donors (Lipinski definition) is 1. The Hall–Kier alpha value is -1.60. The van der Waals surface area contributed by atoms with Crippen LogP contribution in [0.3, 0.4) is 0 Å². The molecular weight excluding hydrogens is 455 g/mol. The van der Waals surface area contributed by atoms with E-state index >= 15 is 0 Å². The Morgan fingerprint density at radius 1 is 1.19 bits per heavy atom. The number of aryl methyl sites for hydroxylation is 1. The lowest BCUT2D eigenvalue weighted by atomic mass is 9.97. The second-order valence-corrected chi connectivity index (χ2v) is 10.9. The maximum Gasteiger partial charge on any atom is 0.224 e. The molecule has 0 bridgehead atoms. The second-order valence-electron chi connectivity index (χ2n) is 8.07. The molecule has 0 aromatic heterocycles. The van der Waals surface area contributed by atoms with Gasteiger partial charge < -0.3 is 5.32 Å². The van der Waals surface area contributed by atoms with E-state index in [2.05, 4.69) is 5.32 Å². The van der Waals surface area contributed by atoms with Crippen LogP contribution < -0.4 is 5.32 Å². The zero-order valence-electron chi connectivity index (χ0n) is 17.8. The lowest BCUT2D eigenvalue weighted by molar-refractivity contribution is -0.126. The molecule has 1 aliphatic rings. The fourth-order valence-corrected chi connectivity index (χ4v) is 6.04. The lowest BCUT2D eigenvalue weighted by Crippen LogP contribution is -2.46. The SMILES string of the molecule is CC[C@H](NC(=O)[C@H]1CCCN(S(=O)(=O)Cc2ccc(Cl)cc2Cl)C1)c1ccc(C)cc1. The molecule has 0 spiro atoms. The van der Waals surface area contributed by atoms with Crippen molar-refractivity contribution in [3.8, 4) is 0 Å². The summed E-state index contributed by atoms with van der Waals surface area (Å²) in [6.45, 7) is 4.64. The quantitative estimate of drug-likeness (QED) is 0.595. The first-order valence-corrected chi connectivity index (χ1v) is 12.8. The summed E-state index contributed by atoms with van der Waals surface area (Å²) in [5.41, 5.74) is 2.72. The van der Waals surface area contributed by atoms with Gasteiger partial charge in [0.25, 0.3) is 0 Å². The summed E-state index contributed by atoms with van der Waals surface area (Å²) in [6.07, 6.45) is 2.08. The van der Waals surface area contributed by atoms with Crippen LogP contribution in [0, 0.1) is 12.8 Å². The molecule has 1 aliphatic heterocycles. The van der Waals surface area contributed by atoms with Gasteiger partial charge in [-0.25, -0.2) is 12.7 Å². The Morgan fingerprint density at radius 2 is 1.90 bits per heavy atom. The van der Waals surface area contributed by atoms with E-state index in [4.69, 9.17) is 23.2 Å². The fourth-order valence-electron chi connectivity index (χ4n) is 3.85. The Balaban J connectivity index is 1.67. The van der Waals surface area contributed by atoms with E-state index in [0.717, 1.165) is 12.0 Å². The summed E-state index contributed by atoms with van der Waals surface area (Å²) >= 11 is 12.1. The molecule has 1 N–H and O–H groups in total. The van der Waals surface area contributed by atoms with Crippen LogP contribution in [0.25, 0.3) is 0 Å². The van der Waals surface area contributed by atoms with Gasteiger partial charge in [-0.15, -0.1) is 0 Å². The molecule has 2 aromatic rings. The highest BCUT2D eigenvalue weighted by Gasteiger charge is 2.33. The van der Waals surface area contributed by atoms with E-state index in [1.54, 1.807) is 12.1 Å². The van der Waals surface area contributed by atoms with Crippen molar-refractivity contribution < 1.29 is 13.2 Å². The van der Waals surface area contributed by atoms with Crippen molar-refractivity contribution in [2.45, 2.75) is 44.9 Å². The molecular formula is C23H28Cl2N2O3S. The van der Waals surface area contributed by atoms with Gasteiger partial charge in [0.05, 0.1) is 17.7 Å². The number of nitrogens with zero attached hydrogens (tertiary/aromatic N) is 1. The number of carbonyl (C=O) groups is 1. The van der Waals surface area contributed by atoms with Crippen molar-refractivity contribution in [3.05, 3.63) is 69.2 Å². The number of halogens is 2. The highest BCUT2D eigenvalue weighted by atomic mass is 35.5. The summed E-state index contributed by atoms with van der Waals surface area (Å²) in [4.78, 5) is 13.0. The van der Waals surface area contributed by atoms with Gasteiger partial charge in [0.2, 0.25) is 15.9 Å². The molecule has 0 unspecified atom stereocenters. The number of piperidine rings is 1. The van der Waals surface area contributed by atoms with Crippen LogP contribution in [0.15, 0.2) is 42.5 Å². The molecule has 2 atom stereocenters. The van der Waals surface area contributed by atoms with Crippen LogP contribution in [-0.4, -0.2) is 31.7 Å². The zero-order chi connectivity index (χ0) is 22.6. The molecule has 5 nitrogen and oxygen atoms in total. The third-order valence-corrected chi connectivity index (χ3v) is 8.09. The Bertz CT molecular complexity index is 1030. The number of nitrogens with one attached hydrogen (secondary N) is 1. The molecule has 0 radical (unpaired) electrons. The monoisotopic (exact) mass is 482 g/mol. The highest BCUT2D eigenvalue weighted by molar-refractivity contribution is 7.88. The van der Waals surface area contributed by atoms with Gasteiger partial charge in [-0.3, -0.25) is 4.79 Å². The average molecular weight is 483 g/mol. The molecule has 8 heteroatoms. The van der Waals surface area contributed by atoms with E-state index in [9.17, 15) is 13.2 Å². The van der Waals surface area contributed by atoms with Crippen molar-refractivity contribution in [1.29, 1.82) is 0 Å². The smallest absolute Gasteiger partial charge is 0.224 e. The third kappa shape index (κ3) is 6.22. The van der Waals surface area contributed by atoms with Crippen LogP contribution >= 0.6 is 23.2 Å². The maximum atomic E-state index is 13.0. The van der Waals surface area contributed by atoms with Crippen LogP contribution in [0.5, 0.6) is 0 Å². The number of hydrogen-bond acceptors (Lipinski definition) is 3. The van der Waals surface area contributed by atoms with Crippen LogP contribution in [0.4, 0.5) is 0 Å². The van der Waals surface area contributed by atoms with E-state index in [1.807, 2.05) is 38.1 Å². The van der Waals surface area contributed by atoms with Crippen LogP contribution in [0.2, 0.25) is 10.0 Å². The predicted molar refractivity (Wildman–Crippen MR) is 126 cm³/mol. The van der Waals surface area contributed by atoms with Gasteiger partial charge in [0, 0.05) is 23.1 Å². The minimum absolute atomic E-state index is 0.0899. The normalized spacial score (nSPS) is 18.5. The van der Waals surface area contributed by atoms with Gasteiger partial charge >= 0.3 is 0 Å². The standard InChI is InChI=1S/C23H28Cl2N2O3S/c1-3-22(17-8-6-16(2)7-9-17)26-23(28)18-5-4-12-27(14-18)31(29,30)15-19-10-11-20(24)13-21(19)25/h6-11,13,18,22H,3-5,12,14-15H2,1-2H3,(H,26,28)/t18-,22-/m0/s1. The number of sulfonamides is 1. The van der Waals surface area contributed by atoms with Crippen molar-refractivity contribution in [2.24, 2.45) is 5.92 Å². The van der Waals surface area contributed by atoms with E-state index < -0.39 is 10.0 Å². The van der Waals surface area contributed by atoms with Crippen molar-refractivity contribution in [2.75, 3.05) is 13.1 Å². The summed E-state index contributed by atoms with van der Waals surface area (Å²) < 4.78 is 27.4. The number of rotatable bonds is 7. The molecule has 1 fully saturated rings. The molecule has 31 heavy (non-hydrogen) atoms.